The van der Waals surface area contributed by atoms with E-state index in [1.54, 1.807) is 25.1 Å². The fraction of sp³-hybridized carbons (Fsp3) is 0.235. The zero-order valence-corrected chi connectivity index (χ0v) is 13.4. The van der Waals surface area contributed by atoms with Crippen LogP contribution < -0.4 is 14.8 Å². The Labute approximate surface area is 139 Å². The van der Waals surface area contributed by atoms with Crippen LogP contribution in [0.25, 0.3) is 0 Å². The average Bonchev–Trinajstić information content (AvgIpc) is 2.57. The number of hydrogen-bond donors (Lipinski definition) is 1. The van der Waals surface area contributed by atoms with Gasteiger partial charge in [0.2, 0.25) is 0 Å². The number of carbonyl (C=O) groups is 1. The number of carbonyl (C=O) groups excluding carboxylic acids is 1. The molecule has 0 aliphatic carbocycles. The van der Waals surface area contributed by atoms with E-state index in [2.05, 4.69) is 5.32 Å². The van der Waals surface area contributed by atoms with Crippen LogP contribution in [-0.4, -0.2) is 23.5 Å². The van der Waals surface area contributed by atoms with Gasteiger partial charge in [-0.2, -0.15) is 0 Å². The van der Waals surface area contributed by atoms with Crippen LogP contribution in [0, 0.1) is 10.1 Å². The molecule has 0 radical (unpaired) electrons. The first-order valence-electron chi connectivity index (χ1n) is 7.45. The number of rotatable bonds is 7. The van der Waals surface area contributed by atoms with Crippen LogP contribution in [0.15, 0.2) is 48.5 Å². The molecular weight excluding hydrogens is 312 g/mol. The molecule has 7 nitrogen and oxygen atoms in total. The second-order valence-corrected chi connectivity index (χ2v) is 4.93. The molecule has 0 aliphatic rings. The van der Waals surface area contributed by atoms with Gasteiger partial charge in [0, 0.05) is 12.1 Å². The van der Waals surface area contributed by atoms with Gasteiger partial charge in [-0.05, 0) is 38.1 Å². The highest BCUT2D eigenvalue weighted by Crippen LogP contribution is 2.24. The van der Waals surface area contributed by atoms with Gasteiger partial charge in [-0.3, -0.25) is 14.9 Å². The van der Waals surface area contributed by atoms with Crippen molar-refractivity contribution in [3.8, 4) is 11.5 Å². The lowest BCUT2D eigenvalue weighted by Crippen LogP contribution is -2.30. The van der Waals surface area contributed by atoms with E-state index < -0.39 is 11.0 Å². The molecule has 0 saturated heterocycles. The van der Waals surface area contributed by atoms with E-state index in [0.29, 0.717) is 23.8 Å². The number of benzene rings is 2. The number of ether oxygens (including phenoxy) is 2. The number of amides is 1. The van der Waals surface area contributed by atoms with Gasteiger partial charge in [0.25, 0.3) is 11.6 Å². The van der Waals surface area contributed by atoms with Gasteiger partial charge >= 0.3 is 0 Å². The normalized spacial score (nSPS) is 11.4. The third kappa shape index (κ3) is 4.45. The summed E-state index contributed by atoms with van der Waals surface area (Å²) in [7, 11) is 0. The Balaban J connectivity index is 2.01. The van der Waals surface area contributed by atoms with E-state index in [9.17, 15) is 14.9 Å². The topological polar surface area (TPSA) is 90.7 Å². The van der Waals surface area contributed by atoms with E-state index in [-0.39, 0.29) is 11.6 Å². The van der Waals surface area contributed by atoms with E-state index in [0.717, 1.165) is 0 Å². The summed E-state index contributed by atoms with van der Waals surface area (Å²) < 4.78 is 11.0. The SMILES string of the molecule is CCOc1ccccc1NC(=O)[C@@H](C)Oc1ccc([N+](=O)[O-])cc1. The van der Waals surface area contributed by atoms with E-state index in [1.165, 1.54) is 24.3 Å². The molecule has 126 valence electrons. The van der Waals surface area contributed by atoms with Gasteiger partial charge in [-0.1, -0.05) is 12.1 Å². The van der Waals surface area contributed by atoms with E-state index in [4.69, 9.17) is 9.47 Å². The molecule has 1 amide bonds. The molecule has 1 N–H and O–H groups in total. The summed E-state index contributed by atoms with van der Waals surface area (Å²) in [5.41, 5.74) is 0.522. The second-order valence-electron chi connectivity index (χ2n) is 4.93. The molecule has 24 heavy (non-hydrogen) atoms. The standard InChI is InChI=1S/C17H18N2O5/c1-3-23-16-7-5-4-6-15(16)18-17(20)12(2)24-14-10-8-13(9-11-14)19(21)22/h4-12H,3H2,1-2H3,(H,18,20)/t12-/m1/s1. The van der Waals surface area contributed by atoms with Crippen molar-refractivity contribution in [1.82, 2.24) is 0 Å². The minimum absolute atomic E-state index is 0.0369. The lowest BCUT2D eigenvalue weighted by molar-refractivity contribution is -0.384. The van der Waals surface area contributed by atoms with Crippen LogP contribution in [0.5, 0.6) is 11.5 Å². The summed E-state index contributed by atoms with van der Waals surface area (Å²) >= 11 is 0. The number of nitrogens with zero attached hydrogens (tertiary/aromatic N) is 1. The second kappa shape index (κ2) is 7.96. The van der Waals surface area contributed by atoms with E-state index in [1.807, 2.05) is 13.0 Å². The molecule has 0 aromatic heterocycles. The Bertz CT molecular complexity index is 715. The van der Waals surface area contributed by atoms with Crippen molar-refractivity contribution in [2.24, 2.45) is 0 Å². The smallest absolute Gasteiger partial charge is 0.269 e. The number of nitrogens with one attached hydrogen (secondary N) is 1. The lowest BCUT2D eigenvalue weighted by Gasteiger charge is -2.16. The first-order chi connectivity index (χ1) is 11.5. The van der Waals surface area contributed by atoms with Gasteiger partial charge in [0.15, 0.2) is 6.10 Å². The summed E-state index contributed by atoms with van der Waals surface area (Å²) in [6, 6.07) is 12.7. The summed E-state index contributed by atoms with van der Waals surface area (Å²) in [4.78, 5) is 22.4. The van der Waals surface area contributed by atoms with Crippen molar-refractivity contribution in [2.75, 3.05) is 11.9 Å². The van der Waals surface area contributed by atoms with Crippen LogP contribution in [0.1, 0.15) is 13.8 Å². The molecule has 0 aliphatic heterocycles. The van der Waals surface area contributed by atoms with Crippen molar-refractivity contribution in [3.05, 3.63) is 58.6 Å². The van der Waals surface area contributed by atoms with Gasteiger partial charge in [0.05, 0.1) is 17.2 Å². The first kappa shape index (κ1) is 17.3. The largest absolute Gasteiger partial charge is 0.492 e. The van der Waals surface area contributed by atoms with Crippen LogP contribution in [0.2, 0.25) is 0 Å². The Hall–Kier alpha value is -3.09. The van der Waals surface area contributed by atoms with Crippen molar-refractivity contribution < 1.29 is 19.2 Å². The quantitative estimate of drug-likeness (QED) is 0.620. The Kier molecular flexibility index (Phi) is 5.73. The highest BCUT2D eigenvalue weighted by atomic mass is 16.6. The monoisotopic (exact) mass is 330 g/mol. The molecule has 0 bridgehead atoms. The number of para-hydroxylation sites is 2. The lowest BCUT2D eigenvalue weighted by atomic mass is 10.2. The first-order valence-corrected chi connectivity index (χ1v) is 7.45. The Morgan fingerprint density at radius 1 is 1.21 bits per heavy atom. The van der Waals surface area contributed by atoms with Crippen molar-refractivity contribution in [2.45, 2.75) is 20.0 Å². The number of non-ortho nitro benzene ring substituents is 1. The van der Waals surface area contributed by atoms with Crippen molar-refractivity contribution in [3.63, 3.8) is 0 Å². The van der Waals surface area contributed by atoms with Crippen LogP contribution >= 0.6 is 0 Å². The molecule has 2 aromatic carbocycles. The van der Waals surface area contributed by atoms with Crippen LogP contribution in [0.3, 0.4) is 0 Å². The molecule has 7 heteroatoms. The molecule has 0 unspecified atom stereocenters. The van der Waals surface area contributed by atoms with E-state index >= 15 is 0 Å². The zero-order chi connectivity index (χ0) is 17.5. The number of hydrogen-bond acceptors (Lipinski definition) is 5. The predicted octanol–water partition coefficient (Wildman–Crippen LogP) is 3.40. The highest BCUT2D eigenvalue weighted by Gasteiger charge is 2.17. The molecule has 2 rings (SSSR count). The third-order valence-electron chi connectivity index (χ3n) is 3.17. The molecule has 0 spiro atoms. The molecule has 0 heterocycles. The number of nitro groups is 1. The average molecular weight is 330 g/mol. The zero-order valence-electron chi connectivity index (χ0n) is 13.4. The summed E-state index contributed by atoms with van der Waals surface area (Å²) in [5, 5.41) is 13.4. The number of nitro benzene ring substituents is 1. The Morgan fingerprint density at radius 3 is 2.50 bits per heavy atom. The van der Waals surface area contributed by atoms with Gasteiger partial charge in [-0.15, -0.1) is 0 Å². The van der Waals surface area contributed by atoms with Crippen LogP contribution in [-0.2, 0) is 4.79 Å². The van der Waals surface area contributed by atoms with Gasteiger partial charge in [0.1, 0.15) is 11.5 Å². The Morgan fingerprint density at radius 2 is 1.88 bits per heavy atom. The molecule has 1 atom stereocenters. The maximum absolute atomic E-state index is 12.2. The highest BCUT2D eigenvalue weighted by molar-refractivity contribution is 5.95. The number of anilines is 1. The fourth-order valence-electron chi connectivity index (χ4n) is 1.99. The van der Waals surface area contributed by atoms with Gasteiger partial charge < -0.3 is 14.8 Å². The minimum atomic E-state index is -0.777. The molecule has 0 saturated carbocycles. The fourth-order valence-corrected chi connectivity index (χ4v) is 1.99. The minimum Gasteiger partial charge on any atom is -0.492 e. The summed E-state index contributed by atoms with van der Waals surface area (Å²) in [5.74, 6) is 0.609. The molecular formula is C17H18N2O5. The van der Waals surface area contributed by atoms with Crippen molar-refractivity contribution >= 4 is 17.3 Å². The molecule has 0 fully saturated rings. The predicted molar refractivity (Wildman–Crippen MR) is 89.4 cm³/mol. The maximum Gasteiger partial charge on any atom is 0.269 e. The third-order valence-corrected chi connectivity index (χ3v) is 3.17. The maximum atomic E-state index is 12.2. The summed E-state index contributed by atoms with van der Waals surface area (Å²) in [6.07, 6.45) is -0.777. The van der Waals surface area contributed by atoms with Crippen molar-refractivity contribution in [1.29, 1.82) is 0 Å². The van der Waals surface area contributed by atoms with Crippen LogP contribution in [0.4, 0.5) is 11.4 Å². The molecule has 2 aromatic rings. The van der Waals surface area contributed by atoms with Gasteiger partial charge in [-0.25, -0.2) is 0 Å². The summed E-state index contributed by atoms with van der Waals surface area (Å²) in [6.45, 7) is 3.95.